The number of benzene rings is 1. The molecule has 0 unspecified atom stereocenters. The highest BCUT2D eigenvalue weighted by molar-refractivity contribution is 5.69. The molecule has 16 heavy (non-hydrogen) atoms. The van der Waals surface area contributed by atoms with Gasteiger partial charge in [0.05, 0.1) is 11.0 Å². The van der Waals surface area contributed by atoms with E-state index in [9.17, 15) is 10.1 Å². The molecular formula is C10H10N2O4. The van der Waals surface area contributed by atoms with Crippen molar-refractivity contribution < 1.29 is 14.4 Å². The molecule has 0 spiro atoms. The monoisotopic (exact) mass is 222 g/mol. The summed E-state index contributed by atoms with van der Waals surface area (Å²) < 4.78 is 10.3. The molecule has 0 amide bonds. The lowest BCUT2D eigenvalue weighted by Gasteiger charge is -2.06. The number of rotatable bonds is 3. The van der Waals surface area contributed by atoms with E-state index in [0.29, 0.717) is 23.2 Å². The summed E-state index contributed by atoms with van der Waals surface area (Å²) in [5.74, 6) is 1.00. The molecule has 1 heterocycles. The van der Waals surface area contributed by atoms with E-state index in [1.54, 1.807) is 6.07 Å². The number of anilines is 1. The lowest BCUT2D eigenvalue weighted by atomic mass is 10.2. The quantitative estimate of drug-likeness (QED) is 0.624. The van der Waals surface area contributed by atoms with Crippen LogP contribution in [0.2, 0.25) is 0 Å². The minimum absolute atomic E-state index is 0.0381. The lowest BCUT2D eigenvalue weighted by molar-refractivity contribution is -0.384. The van der Waals surface area contributed by atoms with Crippen LogP contribution in [-0.2, 0) is 0 Å². The SMILES string of the molecule is O=[N+]([O-])c1cc2c(cc1NC1CC1)OCO2. The second-order valence-electron chi connectivity index (χ2n) is 3.90. The highest BCUT2D eigenvalue weighted by atomic mass is 16.7. The molecule has 0 aromatic heterocycles. The van der Waals surface area contributed by atoms with Gasteiger partial charge in [0.15, 0.2) is 11.5 Å². The van der Waals surface area contributed by atoms with Crippen molar-refractivity contribution in [1.29, 1.82) is 0 Å². The minimum Gasteiger partial charge on any atom is -0.454 e. The molecule has 3 rings (SSSR count). The normalized spacial score (nSPS) is 17.2. The van der Waals surface area contributed by atoms with Gasteiger partial charge in [0.1, 0.15) is 5.69 Å². The van der Waals surface area contributed by atoms with Gasteiger partial charge in [0.2, 0.25) is 6.79 Å². The zero-order chi connectivity index (χ0) is 11.1. The van der Waals surface area contributed by atoms with E-state index in [4.69, 9.17) is 9.47 Å². The number of fused-ring (bicyclic) bond motifs is 1. The molecule has 6 heteroatoms. The highest BCUT2D eigenvalue weighted by Gasteiger charge is 2.28. The standard InChI is InChI=1S/C10H10N2O4/c13-12(14)8-4-10-9(15-5-16-10)3-7(8)11-6-1-2-6/h3-4,6,11H,1-2,5H2. The lowest BCUT2D eigenvalue weighted by Crippen LogP contribution is -2.04. The summed E-state index contributed by atoms with van der Waals surface area (Å²) in [5.41, 5.74) is 0.549. The van der Waals surface area contributed by atoms with E-state index < -0.39 is 4.92 Å². The minimum atomic E-state index is -0.410. The second kappa shape index (κ2) is 3.26. The molecule has 1 aromatic carbocycles. The number of hydrogen-bond donors (Lipinski definition) is 1. The van der Waals surface area contributed by atoms with Gasteiger partial charge >= 0.3 is 0 Å². The maximum atomic E-state index is 10.9. The maximum absolute atomic E-state index is 10.9. The summed E-state index contributed by atoms with van der Waals surface area (Å²) in [7, 11) is 0. The first-order chi connectivity index (χ1) is 7.74. The molecule has 84 valence electrons. The Kier molecular flexibility index (Phi) is 1.89. The zero-order valence-electron chi connectivity index (χ0n) is 8.43. The van der Waals surface area contributed by atoms with Gasteiger partial charge in [-0.2, -0.15) is 0 Å². The van der Waals surface area contributed by atoms with Crippen molar-refractivity contribution in [2.75, 3.05) is 12.1 Å². The first kappa shape index (κ1) is 9.26. The van der Waals surface area contributed by atoms with Crippen molar-refractivity contribution in [2.24, 2.45) is 0 Å². The molecule has 1 aliphatic carbocycles. The number of nitrogens with one attached hydrogen (secondary N) is 1. The van der Waals surface area contributed by atoms with Crippen molar-refractivity contribution in [3.63, 3.8) is 0 Å². The van der Waals surface area contributed by atoms with Gasteiger partial charge in [-0.1, -0.05) is 0 Å². The summed E-state index contributed by atoms with van der Waals surface area (Å²) >= 11 is 0. The third-order valence-corrected chi connectivity index (χ3v) is 2.62. The topological polar surface area (TPSA) is 73.6 Å². The first-order valence-corrected chi connectivity index (χ1v) is 5.08. The third kappa shape index (κ3) is 1.52. The Bertz CT molecular complexity index is 456. The Hall–Kier alpha value is -1.98. The van der Waals surface area contributed by atoms with Gasteiger partial charge in [-0.3, -0.25) is 10.1 Å². The largest absolute Gasteiger partial charge is 0.454 e. The molecule has 6 nitrogen and oxygen atoms in total. The summed E-state index contributed by atoms with van der Waals surface area (Å²) in [5, 5.41) is 14.0. The predicted molar refractivity (Wildman–Crippen MR) is 55.9 cm³/mol. The molecule has 1 saturated carbocycles. The van der Waals surface area contributed by atoms with Crippen LogP contribution in [0.15, 0.2) is 12.1 Å². The Labute approximate surface area is 91.3 Å². The second-order valence-corrected chi connectivity index (χ2v) is 3.90. The van der Waals surface area contributed by atoms with Crippen molar-refractivity contribution in [3.05, 3.63) is 22.2 Å². The number of ether oxygens (including phenoxy) is 2. The molecule has 0 bridgehead atoms. The third-order valence-electron chi connectivity index (χ3n) is 2.62. The van der Waals surface area contributed by atoms with Gasteiger partial charge in [-0.25, -0.2) is 0 Å². The van der Waals surface area contributed by atoms with Gasteiger partial charge in [0.25, 0.3) is 5.69 Å². The van der Waals surface area contributed by atoms with E-state index >= 15 is 0 Å². The van der Waals surface area contributed by atoms with E-state index in [1.165, 1.54) is 6.07 Å². The molecular weight excluding hydrogens is 212 g/mol. The van der Waals surface area contributed by atoms with Crippen LogP contribution in [-0.4, -0.2) is 17.8 Å². The molecule has 1 N–H and O–H groups in total. The van der Waals surface area contributed by atoms with E-state index in [0.717, 1.165) is 12.8 Å². The number of nitro benzene ring substituents is 1. The molecule has 0 radical (unpaired) electrons. The smallest absolute Gasteiger partial charge is 0.296 e. The molecule has 2 aliphatic rings. The molecule has 0 saturated heterocycles. The van der Waals surface area contributed by atoms with E-state index in [1.807, 2.05) is 0 Å². The summed E-state index contributed by atoms with van der Waals surface area (Å²) in [4.78, 5) is 10.5. The Morgan fingerprint density at radius 1 is 1.31 bits per heavy atom. The fourth-order valence-electron chi connectivity index (χ4n) is 1.65. The van der Waals surface area contributed by atoms with Crippen LogP contribution >= 0.6 is 0 Å². The van der Waals surface area contributed by atoms with E-state index in [-0.39, 0.29) is 12.5 Å². The van der Waals surface area contributed by atoms with Gasteiger partial charge in [-0.05, 0) is 12.8 Å². The van der Waals surface area contributed by atoms with Crippen LogP contribution in [0.25, 0.3) is 0 Å². The fraction of sp³-hybridized carbons (Fsp3) is 0.400. The van der Waals surface area contributed by atoms with Crippen LogP contribution in [0.5, 0.6) is 11.5 Å². The van der Waals surface area contributed by atoms with Crippen molar-refractivity contribution in [2.45, 2.75) is 18.9 Å². The average Bonchev–Trinajstić information content (AvgIpc) is 2.94. The van der Waals surface area contributed by atoms with E-state index in [2.05, 4.69) is 5.32 Å². The summed E-state index contributed by atoms with van der Waals surface area (Å²) in [6.07, 6.45) is 2.12. The highest BCUT2D eigenvalue weighted by Crippen LogP contribution is 2.41. The summed E-state index contributed by atoms with van der Waals surface area (Å²) in [6.45, 7) is 0.124. The maximum Gasteiger partial charge on any atom is 0.296 e. The average molecular weight is 222 g/mol. The van der Waals surface area contributed by atoms with Crippen LogP contribution in [0.3, 0.4) is 0 Å². The first-order valence-electron chi connectivity index (χ1n) is 5.08. The van der Waals surface area contributed by atoms with Crippen molar-refractivity contribution in [3.8, 4) is 11.5 Å². The Morgan fingerprint density at radius 2 is 2.00 bits per heavy atom. The molecule has 1 aromatic rings. The molecule has 0 atom stereocenters. The van der Waals surface area contributed by atoms with Gasteiger partial charge in [0, 0.05) is 12.1 Å². The Morgan fingerprint density at radius 3 is 2.62 bits per heavy atom. The summed E-state index contributed by atoms with van der Waals surface area (Å²) in [6, 6.07) is 3.41. The zero-order valence-corrected chi connectivity index (χ0v) is 8.43. The van der Waals surface area contributed by atoms with Crippen molar-refractivity contribution in [1.82, 2.24) is 0 Å². The van der Waals surface area contributed by atoms with Gasteiger partial charge in [-0.15, -0.1) is 0 Å². The van der Waals surface area contributed by atoms with Crippen LogP contribution in [0.4, 0.5) is 11.4 Å². The number of nitro groups is 1. The molecule has 1 fully saturated rings. The van der Waals surface area contributed by atoms with Gasteiger partial charge < -0.3 is 14.8 Å². The molecule has 1 aliphatic heterocycles. The Balaban J connectivity index is 2.01. The number of nitrogens with zero attached hydrogens (tertiary/aromatic N) is 1. The van der Waals surface area contributed by atoms with Crippen molar-refractivity contribution >= 4 is 11.4 Å². The van der Waals surface area contributed by atoms with Crippen LogP contribution < -0.4 is 14.8 Å². The fourth-order valence-corrected chi connectivity index (χ4v) is 1.65. The predicted octanol–water partition coefficient (Wildman–Crippen LogP) is 1.90. The number of hydrogen-bond acceptors (Lipinski definition) is 5. The van der Waals surface area contributed by atoms with Crippen LogP contribution in [0.1, 0.15) is 12.8 Å². The van der Waals surface area contributed by atoms with Crippen LogP contribution in [0, 0.1) is 10.1 Å².